The van der Waals surface area contributed by atoms with E-state index >= 15 is 0 Å². The third-order valence-corrected chi connectivity index (χ3v) is 4.09. The molecular formula is C17H16BrNO3. The Morgan fingerprint density at radius 1 is 1.27 bits per heavy atom. The van der Waals surface area contributed by atoms with Crippen molar-refractivity contribution in [2.75, 3.05) is 25.2 Å². The third-order valence-electron chi connectivity index (χ3n) is 3.46. The minimum Gasteiger partial charge on any atom is -0.489 e. The van der Waals surface area contributed by atoms with Crippen molar-refractivity contribution < 1.29 is 14.3 Å². The lowest BCUT2D eigenvalue weighted by Gasteiger charge is -2.19. The van der Waals surface area contributed by atoms with Gasteiger partial charge in [0.1, 0.15) is 18.5 Å². The molecule has 2 aromatic carbocycles. The van der Waals surface area contributed by atoms with Crippen LogP contribution in [0.25, 0.3) is 0 Å². The van der Waals surface area contributed by atoms with Crippen LogP contribution < -0.4 is 9.64 Å². The molecule has 114 valence electrons. The van der Waals surface area contributed by atoms with Crippen molar-refractivity contribution in [2.24, 2.45) is 0 Å². The largest absolute Gasteiger partial charge is 0.489 e. The zero-order valence-corrected chi connectivity index (χ0v) is 13.7. The fourth-order valence-corrected chi connectivity index (χ4v) is 2.59. The Kier molecular flexibility index (Phi) is 4.45. The summed E-state index contributed by atoms with van der Waals surface area (Å²) in [5.74, 6) is 0.449. The highest BCUT2D eigenvalue weighted by Crippen LogP contribution is 2.31. The van der Waals surface area contributed by atoms with Gasteiger partial charge in [-0.05, 0) is 40.2 Å². The maximum absolute atomic E-state index is 12.8. The Balaban J connectivity index is 1.86. The van der Waals surface area contributed by atoms with Gasteiger partial charge in [0.2, 0.25) is 0 Å². The normalized spacial score (nSPS) is 16.2. The van der Waals surface area contributed by atoms with Gasteiger partial charge in [-0.25, -0.2) is 0 Å². The number of rotatable bonds is 5. The second kappa shape index (κ2) is 6.50. The number of hydrogen-bond acceptors (Lipinski definition) is 3. The van der Waals surface area contributed by atoms with Gasteiger partial charge in [0, 0.05) is 12.7 Å². The monoisotopic (exact) mass is 361 g/mol. The molecule has 1 aliphatic rings. The maximum atomic E-state index is 12.8. The van der Waals surface area contributed by atoms with Crippen LogP contribution in [0, 0.1) is 0 Å². The summed E-state index contributed by atoms with van der Waals surface area (Å²) in [5, 5.41) is 0. The molecule has 0 aromatic heterocycles. The molecule has 0 saturated carbocycles. The van der Waals surface area contributed by atoms with E-state index in [2.05, 4.69) is 15.9 Å². The molecule has 0 N–H and O–H groups in total. The van der Waals surface area contributed by atoms with Crippen LogP contribution in [0.4, 0.5) is 5.69 Å². The molecule has 1 atom stereocenters. The van der Waals surface area contributed by atoms with E-state index in [4.69, 9.17) is 9.47 Å². The quantitative estimate of drug-likeness (QED) is 0.765. The number of nitrogens with zero attached hydrogens (tertiary/aromatic N) is 1. The van der Waals surface area contributed by atoms with Gasteiger partial charge in [-0.2, -0.15) is 0 Å². The standard InChI is InChI=1S/C17H16BrNO3/c1-19(12-6-3-2-4-7-12)17(20)14-8-5-9-15(18)16(14)22-11-13-10-21-13/h2-9,13H,10-11H2,1H3. The lowest BCUT2D eigenvalue weighted by atomic mass is 10.1. The third kappa shape index (κ3) is 3.31. The summed E-state index contributed by atoms with van der Waals surface area (Å²) < 4.78 is 11.7. The van der Waals surface area contributed by atoms with Crippen LogP contribution in [0.3, 0.4) is 0 Å². The summed E-state index contributed by atoms with van der Waals surface area (Å²) in [6.07, 6.45) is 0.141. The Morgan fingerprint density at radius 2 is 2.00 bits per heavy atom. The number of hydrogen-bond donors (Lipinski definition) is 0. The number of epoxide rings is 1. The minimum atomic E-state index is -0.112. The van der Waals surface area contributed by atoms with Gasteiger partial charge < -0.3 is 14.4 Å². The van der Waals surface area contributed by atoms with Crippen LogP contribution >= 0.6 is 15.9 Å². The van der Waals surface area contributed by atoms with E-state index in [1.807, 2.05) is 42.5 Å². The molecule has 1 amide bonds. The fraction of sp³-hybridized carbons (Fsp3) is 0.235. The number of amides is 1. The van der Waals surface area contributed by atoms with Crippen LogP contribution in [0.5, 0.6) is 5.75 Å². The highest BCUT2D eigenvalue weighted by Gasteiger charge is 2.26. The molecule has 1 heterocycles. The molecule has 1 fully saturated rings. The summed E-state index contributed by atoms with van der Waals surface area (Å²) in [7, 11) is 1.76. The van der Waals surface area contributed by atoms with Crippen LogP contribution in [-0.2, 0) is 4.74 Å². The predicted molar refractivity (Wildman–Crippen MR) is 88.6 cm³/mol. The van der Waals surface area contributed by atoms with Crippen molar-refractivity contribution in [3.05, 3.63) is 58.6 Å². The first-order valence-electron chi connectivity index (χ1n) is 7.03. The first-order chi connectivity index (χ1) is 10.7. The summed E-state index contributed by atoms with van der Waals surface area (Å²) in [6.45, 7) is 1.18. The van der Waals surface area contributed by atoms with Gasteiger partial charge >= 0.3 is 0 Å². The van der Waals surface area contributed by atoms with E-state index in [1.54, 1.807) is 18.0 Å². The van der Waals surface area contributed by atoms with Crippen molar-refractivity contribution in [3.63, 3.8) is 0 Å². The summed E-state index contributed by atoms with van der Waals surface area (Å²) in [6, 6.07) is 15.0. The Bertz CT molecular complexity index is 671. The number of para-hydroxylation sites is 2. The molecule has 5 heteroatoms. The van der Waals surface area contributed by atoms with Gasteiger partial charge in [-0.15, -0.1) is 0 Å². The fourth-order valence-electron chi connectivity index (χ4n) is 2.11. The summed E-state index contributed by atoms with van der Waals surface area (Å²) in [4.78, 5) is 14.4. The second-order valence-electron chi connectivity index (χ2n) is 5.08. The van der Waals surface area contributed by atoms with Crippen LogP contribution in [0.1, 0.15) is 10.4 Å². The van der Waals surface area contributed by atoms with E-state index in [9.17, 15) is 4.79 Å². The van der Waals surface area contributed by atoms with Crippen LogP contribution in [-0.4, -0.2) is 32.3 Å². The molecule has 3 rings (SSSR count). The van der Waals surface area contributed by atoms with Crippen molar-refractivity contribution >= 4 is 27.5 Å². The summed E-state index contributed by atoms with van der Waals surface area (Å²) >= 11 is 3.45. The molecule has 22 heavy (non-hydrogen) atoms. The number of benzene rings is 2. The highest BCUT2D eigenvalue weighted by molar-refractivity contribution is 9.10. The van der Waals surface area contributed by atoms with Gasteiger partial charge in [0.15, 0.2) is 0 Å². The second-order valence-corrected chi connectivity index (χ2v) is 5.94. The van der Waals surface area contributed by atoms with Gasteiger partial charge in [-0.1, -0.05) is 24.3 Å². The van der Waals surface area contributed by atoms with Crippen LogP contribution in [0.2, 0.25) is 0 Å². The lowest BCUT2D eigenvalue weighted by Crippen LogP contribution is -2.27. The van der Waals surface area contributed by atoms with E-state index in [1.165, 1.54) is 0 Å². The van der Waals surface area contributed by atoms with Crippen molar-refractivity contribution in [3.8, 4) is 5.75 Å². The maximum Gasteiger partial charge on any atom is 0.261 e. The molecular weight excluding hydrogens is 346 g/mol. The zero-order valence-electron chi connectivity index (χ0n) is 12.2. The molecule has 1 unspecified atom stereocenters. The molecule has 4 nitrogen and oxygen atoms in total. The Hall–Kier alpha value is -1.85. The van der Waals surface area contributed by atoms with Gasteiger partial charge in [-0.3, -0.25) is 4.79 Å². The van der Waals surface area contributed by atoms with E-state index in [0.29, 0.717) is 17.9 Å². The lowest BCUT2D eigenvalue weighted by molar-refractivity contribution is 0.0988. The number of halogens is 1. The number of carbonyl (C=O) groups is 1. The minimum absolute atomic E-state index is 0.112. The molecule has 0 radical (unpaired) electrons. The SMILES string of the molecule is CN(C(=O)c1cccc(Br)c1OCC1CO1)c1ccccc1. The van der Waals surface area contributed by atoms with Crippen molar-refractivity contribution in [1.82, 2.24) is 0 Å². The highest BCUT2D eigenvalue weighted by atomic mass is 79.9. The Morgan fingerprint density at radius 3 is 2.68 bits per heavy atom. The topological polar surface area (TPSA) is 42.1 Å². The Labute approximate surface area is 137 Å². The summed E-state index contributed by atoms with van der Waals surface area (Å²) in [5.41, 5.74) is 1.37. The first-order valence-corrected chi connectivity index (χ1v) is 7.82. The predicted octanol–water partition coefficient (Wildman–Crippen LogP) is 3.50. The average Bonchev–Trinajstić information content (AvgIpc) is 3.37. The smallest absolute Gasteiger partial charge is 0.261 e. The number of anilines is 1. The van der Waals surface area contributed by atoms with Crippen molar-refractivity contribution in [1.29, 1.82) is 0 Å². The van der Waals surface area contributed by atoms with Gasteiger partial charge in [0.05, 0.1) is 16.6 Å². The molecule has 0 spiro atoms. The molecule has 2 aromatic rings. The van der Waals surface area contributed by atoms with E-state index in [-0.39, 0.29) is 12.0 Å². The van der Waals surface area contributed by atoms with Gasteiger partial charge in [0.25, 0.3) is 5.91 Å². The molecule has 0 bridgehead atoms. The first kappa shape index (κ1) is 15.1. The van der Waals surface area contributed by atoms with Crippen LogP contribution in [0.15, 0.2) is 53.0 Å². The molecule has 0 aliphatic carbocycles. The van der Waals surface area contributed by atoms with Crippen molar-refractivity contribution in [2.45, 2.75) is 6.10 Å². The number of carbonyl (C=O) groups excluding carboxylic acids is 1. The molecule has 1 aliphatic heterocycles. The van der Waals surface area contributed by atoms with E-state index < -0.39 is 0 Å². The zero-order chi connectivity index (χ0) is 15.5. The molecule has 1 saturated heterocycles. The number of ether oxygens (including phenoxy) is 2. The van der Waals surface area contributed by atoms with E-state index in [0.717, 1.165) is 16.8 Å². The average molecular weight is 362 g/mol.